The topological polar surface area (TPSA) is 85.4 Å². The minimum Gasteiger partial charge on any atom is -0.465 e. The Morgan fingerprint density at radius 3 is 2.38 bits per heavy atom. The van der Waals surface area contributed by atoms with Crippen LogP contribution in [0.3, 0.4) is 0 Å². The number of carbonyl (C=O) groups is 3. The molecule has 2 saturated carbocycles. The van der Waals surface area contributed by atoms with Crippen molar-refractivity contribution in [3.05, 3.63) is 21.9 Å². The molecular formula is C31H44N2O6S. The number of ether oxygens (including phenoxy) is 3. The largest absolute Gasteiger partial charge is 0.465 e. The zero-order chi connectivity index (χ0) is 28.1. The van der Waals surface area contributed by atoms with Crippen LogP contribution in [0.25, 0.3) is 5.57 Å². The molecule has 3 fully saturated rings. The number of esters is 1. The van der Waals surface area contributed by atoms with Gasteiger partial charge in [0.05, 0.1) is 26.0 Å². The zero-order valence-electron chi connectivity index (χ0n) is 24.0. The van der Waals surface area contributed by atoms with Gasteiger partial charge in [-0.05, 0) is 94.6 Å². The Bertz CT molecular complexity index is 1080. The fraction of sp³-hybridized carbons (Fsp3) is 0.710. The summed E-state index contributed by atoms with van der Waals surface area (Å²) < 4.78 is 16.4. The van der Waals surface area contributed by atoms with Crippen LogP contribution in [0.4, 0.5) is 10.5 Å². The van der Waals surface area contributed by atoms with Crippen molar-refractivity contribution in [3.63, 3.8) is 0 Å². The van der Waals surface area contributed by atoms with Crippen molar-refractivity contribution < 1.29 is 28.6 Å². The molecule has 1 saturated heterocycles. The van der Waals surface area contributed by atoms with Gasteiger partial charge in [0.25, 0.3) is 0 Å². The van der Waals surface area contributed by atoms with E-state index < -0.39 is 0 Å². The van der Waals surface area contributed by atoms with Gasteiger partial charge in [-0.2, -0.15) is 0 Å². The molecule has 0 bridgehead atoms. The Balaban J connectivity index is 1.38. The molecule has 2 amide bonds. The number of hydrogen-bond acceptors (Lipinski definition) is 7. The predicted molar refractivity (Wildman–Crippen MR) is 156 cm³/mol. The van der Waals surface area contributed by atoms with E-state index in [-0.39, 0.29) is 36.0 Å². The summed E-state index contributed by atoms with van der Waals surface area (Å²) in [5.74, 6) is 0.361. The molecule has 1 aliphatic heterocycles. The van der Waals surface area contributed by atoms with Crippen LogP contribution in [0, 0.1) is 11.8 Å². The number of allylic oxidation sites excluding steroid dienone is 2. The highest BCUT2D eigenvalue weighted by atomic mass is 32.1. The molecule has 2 heterocycles. The van der Waals surface area contributed by atoms with Crippen LogP contribution in [-0.2, 0) is 19.0 Å². The maximum atomic E-state index is 14.3. The van der Waals surface area contributed by atoms with Gasteiger partial charge in [-0.3, -0.25) is 4.79 Å². The normalized spacial score (nSPS) is 27.4. The molecule has 0 atom stereocenters. The molecule has 0 unspecified atom stereocenters. The molecule has 0 aromatic carbocycles. The predicted octanol–water partition coefficient (Wildman–Crippen LogP) is 6.43. The Morgan fingerprint density at radius 1 is 1.00 bits per heavy atom. The van der Waals surface area contributed by atoms with Gasteiger partial charge in [-0.25, -0.2) is 9.59 Å². The number of morpholine rings is 1. The number of hydrogen-bond donors (Lipinski definition) is 0. The van der Waals surface area contributed by atoms with Gasteiger partial charge in [-0.1, -0.05) is 13.0 Å². The standard InChI is InChI=1S/C31H44N2O6S/c1-21-8-10-23(11-9-21)29(34)33(24-12-14-25(15-13-24)39-31(36)32-16-18-38-19-17-32)26-20-27(22-6-4-3-5-7-22)40-28(26)30(35)37-2/h6,20-21,23-25H,3-5,7-19H2,1-2H3. The molecule has 40 heavy (non-hydrogen) atoms. The van der Waals surface area contributed by atoms with E-state index in [4.69, 9.17) is 14.2 Å². The molecule has 1 aromatic heterocycles. The minimum atomic E-state index is -0.383. The van der Waals surface area contributed by atoms with Crippen molar-refractivity contribution in [2.45, 2.75) is 96.1 Å². The molecule has 1 aromatic rings. The van der Waals surface area contributed by atoms with Gasteiger partial charge in [0.2, 0.25) is 5.91 Å². The molecule has 4 aliphatic rings. The molecule has 9 heteroatoms. The van der Waals surface area contributed by atoms with Gasteiger partial charge in [0.1, 0.15) is 11.0 Å². The maximum absolute atomic E-state index is 14.3. The molecule has 0 spiro atoms. The van der Waals surface area contributed by atoms with E-state index >= 15 is 0 Å². The van der Waals surface area contributed by atoms with E-state index in [0.29, 0.717) is 55.6 Å². The number of anilines is 1. The number of amides is 2. The Kier molecular flexibility index (Phi) is 9.84. The Labute approximate surface area is 242 Å². The molecular weight excluding hydrogens is 528 g/mol. The molecule has 220 valence electrons. The molecule has 3 aliphatic carbocycles. The van der Waals surface area contributed by atoms with E-state index in [1.165, 1.54) is 30.4 Å². The number of nitrogens with zero attached hydrogens (tertiary/aromatic N) is 2. The number of methoxy groups -OCH3 is 1. The van der Waals surface area contributed by atoms with Crippen molar-refractivity contribution in [2.24, 2.45) is 11.8 Å². The van der Waals surface area contributed by atoms with Crippen LogP contribution in [-0.4, -0.2) is 68.4 Å². The highest BCUT2D eigenvalue weighted by Gasteiger charge is 2.38. The summed E-state index contributed by atoms with van der Waals surface area (Å²) >= 11 is 1.46. The maximum Gasteiger partial charge on any atom is 0.410 e. The highest BCUT2D eigenvalue weighted by molar-refractivity contribution is 7.15. The summed E-state index contributed by atoms with van der Waals surface area (Å²) in [6.45, 7) is 4.46. The summed E-state index contributed by atoms with van der Waals surface area (Å²) in [6, 6.07) is 2.03. The third-order valence-electron chi connectivity index (χ3n) is 9.10. The van der Waals surface area contributed by atoms with Gasteiger partial charge in [-0.15, -0.1) is 11.3 Å². The molecule has 0 N–H and O–H groups in total. The van der Waals surface area contributed by atoms with Crippen LogP contribution in [0.15, 0.2) is 12.1 Å². The monoisotopic (exact) mass is 572 g/mol. The van der Waals surface area contributed by atoms with Crippen molar-refractivity contribution in [1.29, 1.82) is 0 Å². The highest BCUT2D eigenvalue weighted by Crippen LogP contribution is 2.42. The first-order chi connectivity index (χ1) is 19.4. The zero-order valence-corrected chi connectivity index (χ0v) is 24.8. The average molecular weight is 573 g/mol. The fourth-order valence-corrected chi connectivity index (χ4v) is 7.74. The SMILES string of the molecule is COC(=O)c1sc(C2=CCCCC2)cc1N(C(=O)C1CCC(C)CC1)C1CCC(OC(=O)N2CCOCC2)CC1. The quantitative estimate of drug-likeness (QED) is 0.365. The average Bonchev–Trinajstić information content (AvgIpc) is 3.44. The summed E-state index contributed by atoms with van der Waals surface area (Å²) in [4.78, 5) is 45.3. The van der Waals surface area contributed by atoms with E-state index in [1.807, 2.05) is 4.90 Å². The second kappa shape index (κ2) is 13.5. The van der Waals surface area contributed by atoms with Crippen LogP contribution >= 0.6 is 11.3 Å². The number of thiophene rings is 1. The van der Waals surface area contributed by atoms with Crippen molar-refractivity contribution >= 4 is 40.6 Å². The van der Waals surface area contributed by atoms with Gasteiger partial charge >= 0.3 is 12.1 Å². The van der Waals surface area contributed by atoms with E-state index in [2.05, 4.69) is 19.1 Å². The Morgan fingerprint density at radius 2 is 1.73 bits per heavy atom. The first kappa shape index (κ1) is 29.1. The van der Waals surface area contributed by atoms with Gasteiger partial charge < -0.3 is 24.0 Å². The van der Waals surface area contributed by atoms with Gasteiger partial charge in [0.15, 0.2) is 0 Å². The van der Waals surface area contributed by atoms with Crippen molar-refractivity contribution in [1.82, 2.24) is 4.90 Å². The lowest BCUT2D eigenvalue weighted by Gasteiger charge is -2.39. The number of rotatable bonds is 6. The van der Waals surface area contributed by atoms with Crippen LogP contribution in [0.2, 0.25) is 0 Å². The second-order valence-electron chi connectivity index (χ2n) is 11.9. The first-order valence-electron chi connectivity index (χ1n) is 15.2. The lowest BCUT2D eigenvalue weighted by atomic mass is 9.81. The summed E-state index contributed by atoms with van der Waals surface area (Å²) in [7, 11) is 1.41. The third kappa shape index (κ3) is 6.73. The molecule has 8 nitrogen and oxygen atoms in total. The van der Waals surface area contributed by atoms with Crippen LogP contribution in [0.1, 0.15) is 98.5 Å². The van der Waals surface area contributed by atoms with E-state index in [1.54, 1.807) is 4.90 Å². The lowest BCUT2D eigenvalue weighted by molar-refractivity contribution is -0.124. The Hall–Kier alpha value is -2.39. The van der Waals surface area contributed by atoms with Crippen molar-refractivity contribution in [2.75, 3.05) is 38.3 Å². The summed E-state index contributed by atoms with van der Waals surface area (Å²) in [6.07, 6.45) is 13.0. The third-order valence-corrected chi connectivity index (χ3v) is 10.3. The molecule has 0 radical (unpaired) electrons. The van der Waals surface area contributed by atoms with Crippen LogP contribution < -0.4 is 4.90 Å². The minimum absolute atomic E-state index is 0.0317. The second-order valence-corrected chi connectivity index (χ2v) is 12.9. The van der Waals surface area contributed by atoms with Crippen molar-refractivity contribution in [3.8, 4) is 0 Å². The summed E-state index contributed by atoms with van der Waals surface area (Å²) in [5.41, 5.74) is 1.97. The van der Waals surface area contributed by atoms with Gasteiger partial charge in [0, 0.05) is 29.9 Å². The first-order valence-corrected chi connectivity index (χ1v) is 16.0. The number of carbonyl (C=O) groups excluding carboxylic acids is 3. The van der Waals surface area contributed by atoms with E-state index in [0.717, 1.165) is 62.7 Å². The van der Waals surface area contributed by atoms with E-state index in [9.17, 15) is 14.4 Å². The molecule has 5 rings (SSSR count). The van der Waals surface area contributed by atoms with Crippen LogP contribution in [0.5, 0.6) is 0 Å². The smallest absolute Gasteiger partial charge is 0.410 e. The lowest BCUT2D eigenvalue weighted by Crippen LogP contribution is -2.48. The summed E-state index contributed by atoms with van der Waals surface area (Å²) in [5, 5.41) is 0. The fourth-order valence-electron chi connectivity index (χ4n) is 6.60.